The van der Waals surface area contributed by atoms with Crippen LogP contribution in [0.5, 0.6) is 5.75 Å². The van der Waals surface area contributed by atoms with Crippen LogP contribution in [0, 0.1) is 17.7 Å². The molecule has 0 saturated carbocycles. The number of rotatable bonds is 3. The van der Waals surface area contributed by atoms with Crippen LogP contribution in [0.3, 0.4) is 0 Å². The van der Waals surface area contributed by atoms with Gasteiger partial charge in [0.15, 0.2) is 6.61 Å². The van der Waals surface area contributed by atoms with Crippen LogP contribution >= 0.6 is 0 Å². The highest BCUT2D eigenvalue weighted by Crippen LogP contribution is 2.19. The Morgan fingerprint density at radius 2 is 2.32 bits per heavy atom. The topological polar surface area (TPSA) is 78.8 Å². The molecule has 0 amide bonds. The summed E-state index contributed by atoms with van der Waals surface area (Å²) < 4.78 is 18.7. The summed E-state index contributed by atoms with van der Waals surface area (Å²) in [4.78, 5) is 1.32. The minimum Gasteiger partial charge on any atom is -0.484 e. The molecule has 6 nitrogen and oxygen atoms in total. The molecular weight excluding hydrogens is 249 g/mol. The van der Waals surface area contributed by atoms with Crippen molar-refractivity contribution in [3.63, 3.8) is 0 Å². The zero-order valence-electron chi connectivity index (χ0n) is 10.3. The third-order valence-corrected chi connectivity index (χ3v) is 2.18. The first-order valence-electron chi connectivity index (χ1n) is 5.53. The lowest BCUT2D eigenvalue weighted by atomic mass is 10.2. The fourth-order valence-corrected chi connectivity index (χ4v) is 1.39. The molecule has 2 rings (SSSR count). The van der Waals surface area contributed by atoms with Crippen molar-refractivity contribution in [2.75, 3.05) is 6.54 Å². The van der Waals surface area contributed by atoms with E-state index in [2.05, 4.69) is 27.3 Å². The van der Waals surface area contributed by atoms with E-state index < -0.39 is 5.82 Å². The minimum atomic E-state index is -0.402. The van der Waals surface area contributed by atoms with Crippen LogP contribution in [0.1, 0.15) is 11.4 Å². The van der Waals surface area contributed by atoms with E-state index in [0.717, 1.165) is 0 Å². The average Bonchev–Trinajstić information content (AvgIpc) is 2.81. The quantitative estimate of drug-likeness (QED) is 0.801. The molecule has 0 radical (unpaired) electrons. The van der Waals surface area contributed by atoms with Crippen molar-refractivity contribution in [2.45, 2.75) is 6.61 Å². The molecule has 1 aromatic heterocycles. The first kappa shape index (κ1) is 13.0. The van der Waals surface area contributed by atoms with Crippen LogP contribution in [0.25, 0.3) is 0 Å². The van der Waals surface area contributed by atoms with Gasteiger partial charge in [-0.05, 0) is 17.3 Å². The van der Waals surface area contributed by atoms with Gasteiger partial charge in [-0.2, -0.15) is 4.80 Å². The van der Waals surface area contributed by atoms with Crippen LogP contribution < -0.4 is 10.5 Å². The Kier molecular flexibility index (Phi) is 4.05. The monoisotopic (exact) mass is 261 g/mol. The number of nitrogens with zero attached hydrogens (tertiary/aromatic N) is 4. The fraction of sp³-hybridized carbons (Fsp3) is 0.250. The smallest absolute Gasteiger partial charge is 0.212 e. The number of halogens is 1. The second kappa shape index (κ2) is 5.93. The lowest BCUT2D eigenvalue weighted by molar-refractivity contribution is 0.293. The largest absolute Gasteiger partial charge is 0.484 e. The second-order valence-electron chi connectivity index (χ2n) is 3.63. The second-order valence-corrected chi connectivity index (χ2v) is 3.63. The summed E-state index contributed by atoms with van der Waals surface area (Å²) in [7, 11) is 1.65. The molecule has 19 heavy (non-hydrogen) atoms. The van der Waals surface area contributed by atoms with Crippen molar-refractivity contribution in [3.8, 4) is 17.6 Å². The Morgan fingerprint density at radius 1 is 1.47 bits per heavy atom. The normalized spacial score (nSPS) is 9.84. The Labute approximate surface area is 109 Å². The van der Waals surface area contributed by atoms with Gasteiger partial charge in [-0.25, -0.2) is 4.39 Å². The van der Waals surface area contributed by atoms with Gasteiger partial charge in [0.05, 0.1) is 19.2 Å². The zero-order chi connectivity index (χ0) is 13.7. The molecule has 0 spiro atoms. The summed E-state index contributed by atoms with van der Waals surface area (Å²) >= 11 is 0. The number of aryl methyl sites for hydroxylation is 1. The van der Waals surface area contributed by atoms with Crippen molar-refractivity contribution in [1.29, 1.82) is 0 Å². The highest BCUT2D eigenvalue weighted by Gasteiger charge is 2.06. The van der Waals surface area contributed by atoms with Crippen LogP contribution in [0.2, 0.25) is 0 Å². The van der Waals surface area contributed by atoms with Gasteiger partial charge in [0, 0.05) is 6.07 Å². The molecule has 0 bridgehead atoms. The van der Waals surface area contributed by atoms with E-state index in [1.807, 2.05) is 0 Å². The molecule has 0 aliphatic heterocycles. The minimum absolute atomic E-state index is 0.0919. The first-order valence-corrected chi connectivity index (χ1v) is 5.53. The van der Waals surface area contributed by atoms with Gasteiger partial charge in [0.1, 0.15) is 11.6 Å². The van der Waals surface area contributed by atoms with Crippen LogP contribution in [0.4, 0.5) is 4.39 Å². The lowest BCUT2D eigenvalue weighted by Gasteiger charge is -2.06. The van der Waals surface area contributed by atoms with E-state index in [0.29, 0.717) is 17.1 Å². The number of hydrogen-bond acceptors (Lipinski definition) is 5. The number of hydrogen-bond donors (Lipinski definition) is 1. The number of tetrazole rings is 1. The van der Waals surface area contributed by atoms with E-state index >= 15 is 0 Å². The summed E-state index contributed by atoms with van der Waals surface area (Å²) in [5.41, 5.74) is 5.87. The first-order chi connectivity index (χ1) is 9.19. The number of ether oxygens (including phenoxy) is 1. The van der Waals surface area contributed by atoms with Gasteiger partial charge in [0.2, 0.25) is 5.82 Å². The molecule has 0 aliphatic rings. The van der Waals surface area contributed by atoms with Crippen molar-refractivity contribution in [2.24, 2.45) is 12.8 Å². The van der Waals surface area contributed by atoms with Crippen molar-refractivity contribution < 1.29 is 9.13 Å². The molecule has 1 aromatic carbocycles. The zero-order valence-corrected chi connectivity index (χ0v) is 10.3. The Bertz CT molecular complexity index is 629. The fourth-order valence-electron chi connectivity index (χ4n) is 1.39. The molecule has 2 N–H and O–H groups in total. The molecule has 0 atom stereocenters. The predicted octanol–water partition coefficient (Wildman–Crippen LogP) is 0.238. The van der Waals surface area contributed by atoms with Gasteiger partial charge < -0.3 is 10.5 Å². The molecule has 0 unspecified atom stereocenters. The van der Waals surface area contributed by atoms with Crippen LogP contribution in [-0.2, 0) is 13.7 Å². The third-order valence-electron chi connectivity index (χ3n) is 2.18. The SMILES string of the molecule is Cn1nnc(COc2cc(F)ccc2C#CCN)n1. The Balaban J connectivity index is 2.16. The highest BCUT2D eigenvalue weighted by molar-refractivity contribution is 5.46. The molecule has 0 saturated heterocycles. The number of aromatic nitrogens is 4. The maximum absolute atomic E-state index is 13.2. The summed E-state index contributed by atoms with van der Waals surface area (Å²) in [5.74, 6) is 5.84. The van der Waals surface area contributed by atoms with E-state index in [-0.39, 0.29) is 13.2 Å². The average molecular weight is 261 g/mol. The number of benzene rings is 1. The van der Waals surface area contributed by atoms with E-state index in [4.69, 9.17) is 10.5 Å². The van der Waals surface area contributed by atoms with E-state index in [1.165, 1.54) is 23.0 Å². The third kappa shape index (κ3) is 3.50. The molecule has 0 fully saturated rings. The number of nitrogens with two attached hydrogens (primary N) is 1. The standard InChI is InChI=1S/C12H12FN5O/c1-18-16-12(15-17-18)8-19-11-7-10(13)5-4-9(11)3-2-6-14/h4-5,7H,6,8,14H2,1H3. The maximum Gasteiger partial charge on any atom is 0.212 e. The van der Waals surface area contributed by atoms with Gasteiger partial charge in [-0.1, -0.05) is 11.8 Å². The van der Waals surface area contributed by atoms with Crippen molar-refractivity contribution in [3.05, 3.63) is 35.4 Å². The molecule has 98 valence electrons. The van der Waals surface area contributed by atoms with Crippen LogP contribution in [-0.4, -0.2) is 26.8 Å². The Hall–Kier alpha value is -2.46. The molecule has 2 aromatic rings. The lowest BCUT2D eigenvalue weighted by Crippen LogP contribution is -2.01. The Morgan fingerprint density at radius 3 is 3.00 bits per heavy atom. The van der Waals surface area contributed by atoms with Gasteiger partial charge >= 0.3 is 0 Å². The van der Waals surface area contributed by atoms with E-state index in [9.17, 15) is 4.39 Å². The molecule has 7 heteroatoms. The predicted molar refractivity (Wildman–Crippen MR) is 65.5 cm³/mol. The molecule has 1 heterocycles. The van der Waals surface area contributed by atoms with Crippen molar-refractivity contribution >= 4 is 0 Å². The van der Waals surface area contributed by atoms with Gasteiger partial charge in [-0.3, -0.25) is 0 Å². The maximum atomic E-state index is 13.2. The summed E-state index contributed by atoms with van der Waals surface area (Å²) in [5, 5.41) is 11.4. The van der Waals surface area contributed by atoms with Gasteiger partial charge in [-0.15, -0.1) is 10.2 Å². The van der Waals surface area contributed by atoms with Gasteiger partial charge in [0.25, 0.3) is 0 Å². The van der Waals surface area contributed by atoms with Crippen molar-refractivity contribution in [1.82, 2.24) is 20.2 Å². The molecule has 0 aliphatic carbocycles. The van der Waals surface area contributed by atoms with Crippen LogP contribution in [0.15, 0.2) is 18.2 Å². The highest BCUT2D eigenvalue weighted by atomic mass is 19.1. The summed E-state index contributed by atoms with van der Waals surface area (Å²) in [6, 6.07) is 4.11. The molecular formula is C12H12FN5O. The summed E-state index contributed by atoms with van der Waals surface area (Å²) in [6.45, 7) is 0.317. The van der Waals surface area contributed by atoms with E-state index in [1.54, 1.807) is 7.05 Å². The summed E-state index contributed by atoms with van der Waals surface area (Å²) in [6.07, 6.45) is 0.